The maximum Gasteiger partial charge on any atom is 0.197 e. The van der Waals surface area contributed by atoms with E-state index in [0.29, 0.717) is 0 Å². The fraction of sp³-hybridized carbons (Fsp3) is 0.216. The molecule has 0 amide bonds. The van der Waals surface area contributed by atoms with E-state index in [1.807, 2.05) is 0 Å². The van der Waals surface area contributed by atoms with E-state index in [1.165, 1.54) is 73.9 Å². The first-order valence-electron chi connectivity index (χ1n) is 19.8. The molecule has 1 N–H and O–H groups in total. The molecule has 11 rings (SSSR count). The minimum absolute atomic E-state index is 0.103. The number of anilines is 5. The fourth-order valence-electron chi connectivity index (χ4n) is 10.2. The molecule has 1 aromatic heterocycles. The standard InChI is InChI=1S/C51H44BN2O/c1-49(2)26-27-50(3,4)39-29-31(22-24-36(39)49)53-41-25-23-34-33-16-9-12-21-43(33)55-48(34)44(41)35-28-30-14-7-8-15-32(30)46-45(35)52-40-19-13-18-38-47(40)54(46)42-20-11-10-17-37(42)51(38,5)6/h7-25,28-29,53H,26-27H2,1-6H3. The van der Waals surface area contributed by atoms with Gasteiger partial charge < -0.3 is 14.6 Å². The summed E-state index contributed by atoms with van der Waals surface area (Å²) < 4.78 is 6.94. The molecule has 0 spiro atoms. The smallest absolute Gasteiger partial charge is 0.197 e. The van der Waals surface area contributed by atoms with Crippen LogP contribution in [0.15, 0.2) is 132 Å². The van der Waals surface area contributed by atoms with E-state index < -0.39 is 0 Å². The molecule has 0 bridgehead atoms. The Morgan fingerprint density at radius 3 is 2.18 bits per heavy atom. The highest BCUT2D eigenvalue weighted by Crippen LogP contribution is 2.54. The molecular formula is C51H44BN2O. The monoisotopic (exact) mass is 711 g/mol. The van der Waals surface area contributed by atoms with E-state index in [9.17, 15) is 0 Å². The number of fused-ring (bicyclic) bond motifs is 10. The van der Waals surface area contributed by atoms with Crippen molar-refractivity contribution in [3.05, 3.63) is 150 Å². The molecule has 0 saturated carbocycles. The SMILES string of the molecule is CC1(C)CCC(C)(C)c2cc(Nc3ccc4c(oc5ccccc54)c3-c3cc4ccccc4c4c3[B]c3cccc5c3N4c3ccccc3C5(C)C)ccc21. The van der Waals surface area contributed by atoms with Crippen LogP contribution >= 0.6 is 0 Å². The molecule has 0 saturated heterocycles. The summed E-state index contributed by atoms with van der Waals surface area (Å²) >= 11 is 0. The van der Waals surface area contributed by atoms with Gasteiger partial charge in [-0.25, -0.2) is 0 Å². The highest BCUT2D eigenvalue weighted by atomic mass is 16.3. The van der Waals surface area contributed by atoms with Crippen LogP contribution in [0.4, 0.5) is 28.4 Å². The number of rotatable bonds is 3. The van der Waals surface area contributed by atoms with Gasteiger partial charge in [-0.3, -0.25) is 0 Å². The number of benzene rings is 7. The highest BCUT2D eigenvalue weighted by Gasteiger charge is 2.42. The van der Waals surface area contributed by atoms with E-state index in [4.69, 9.17) is 4.42 Å². The van der Waals surface area contributed by atoms with Gasteiger partial charge in [0.15, 0.2) is 7.28 Å². The molecule has 55 heavy (non-hydrogen) atoms. The van der Waals surface area contributed by atoms with Crippen LogP contribution in [0.2, 0.25) is 0 Å². The summed E-state index contributed by atoms with van der Waals surface area (Å²) in [4.78, 5) is 2.56. The molecule has 7 aromatic carbocycles. The Morgan fingerprint density at radius 2 is 1.33 bits per heavy atom. The first-order valence-corrected chi connectivity index (χ1v) is 19.8. The molecule has 8 aromatic rings. The number of furan rings is 1. The Labute approximate surface area is 324 Å². The lowest BCUT2D eigenvalue weighted by Gasteiger charge is -2.46. The second-order valence-corrected chi connectivity index (χ2v) is 17.9. The predicted molar refractivity (Wildman–Crippen MR) is 234 cm³/mol. The lowest BCUT2D eigenvalue weighted by molar-refractivity contribution is 0.332. The minimum atomic E-state index is -0.146. The zero-order valence-electron chi connectivity index (χ0n) is 32.5. The summed E-state index contributed by atoms with van der Waals surface area (Å²) in [7, 11) is 2.44. The lowest BCUT2D eigenvalue weighted by Crippen LogP contribution is -2.45. The van der Waals surface area contributed by atoms with Crippen molar-refractivity contribution < 1.29 is 4.42 Å². The molecule has 2 aliphatic heterocycles. The van der Waals surface area contributed by atoms with Gasteiger partial charge in [0.2, 0.25) is 0 Å². The zero-order chi connectivity index (χ0) is 37.4. The molecule has 4 heteroatoms. The molecular weight excluding hydrogens is 667 g/mol. The molecule has 1 radical (unpaired) electrons. The second kappa shape index (κ2) is 11.2. The van der Waals surface area contributed by atoms with Crippen molar-refractivity contribution >= 4 is 79.4 Å². The van der Waals surface area contributed by atoms with E-state index >= 15 is 0 Å². The Kier molecular flexibility index (Phi) is 6.63. The summed E-state index contributed by atoms with van der Waals surface area (Å²) in [5.41, 5.74) is 18.0. The fourth-order valence-corrected chi connectivity index (χ4v) is 10.2. The predicted octanol–water partition coefficient (Wildman–Crippen LogP) is 12.6. The molecule has 3 heterocycles. The van der Waals surface area contributed by atoms with Gasteiger partial charge in [-0.15, -0.1) is 0 Å². The van der Waals surface area contributed by atoms with Crippen LogP contribution < -0.4 is 21.1 Å². The van der Waals surface area contributed by atoms with Crippen molar-refractivity contribution in [1.82, 2.24) is 0 Å². The average Bonchev–Trinajstić information content (AvgIpc) is 3.57. The number of nitrogens with one attached hydrogen (secondary N) is 1. The van der Waals surface area contributed by atoms with E-state index in [2.05, 4.69) is 186 Å². The third-order valence-corrected chi connectivity index (χ3v) is 13.3. The quantitative estimate of drug-likeness (QED) is 0.185. The van der Waals surface area contributed by atoms with Gasteiger partial charge in [-0.05, 0) is 105 Å². The average molecular weight is 712 g/mol. The summed E-state index contributed by atoms with van der Waals surface area (Å²) in [6.45, 7) is 14.3. The van der Waals surface area contributed by atoms with E-state index in [1.54, 1.807) is 0 Å². The normalized spacial score (nSPS) is 16.9. The number of nitrogens with zero attached hydrogens (tertiary/aromatic N) is 1. The number of para-hydroxylation sites is 3. The molecule has 3 aliphatic rings. The Bertz CT molecular complexity index is 2930. The topological polar surface area (TPSA) is 28.4 Å². The molecule has 0 unspecified atom stereocenters. The Morgan fingerprint density at radius 1 is 0.600 bits per heavy atom. The van der Waals surface area contributed by atoms with Gasteiger partial charge in [0, 0.05) is 44.2 Å². The lowest BCUT2D eigenvalue weighted by atomic mass is 9.55. The largest absolute Gasteiger partial charge is 0.455 e. The second-order valence-electron chi connectivity index (χ2n) is 17.9. The van der Waals surface area contributed by atoms with Crippen LogP contribution in [0.3, 0.4) is 0 Å². The maximum atomic E-state index is 6.94. The van der Waals surface area contributed by atoms with Crippen LogP contribution in [0.1, 0.15) is 76.6 Å². The number of hydrogen-bond acceptors (Lipinski definition) is 3. The number of hydrogen-bond donors (Lipinski definition) is 1. The third-order valence-electron chi connectivity index (χ3n) is 13.3. The first kappa shape index (κ1) is 32.7. The first-order chi connectivity index (χ1) is 26.5. The van der Waals surface area contributed by atoms with Crippen molar-refractivity contribution in [1.29, 1.82) is 0 Å². The minimum Gasteiger partial charge on any atom is -0.455 e. The highest BCUT2D eigenvalue weighted by molar-refractivity contribution is 6.74. The van der Waals surface area contributed by atoms with Crippen molar-refractivity contribution in [3.8, 4) is 11.1 Å². The van der Waals surface area contributed by atoms with Crippen molar-refractivity contribution in [3.63, 3.8) is 0 Å². The molecule has 0 fully saturated rings. The van der Waals surface area contributed by atoms with Gasteiger partial charge >= 0.3 is 0 Å². The van der Waals surface area contributed by atoms with Gasteiger partial charge in [0.1, 0.15) is 11.2 Å². The molecule has 3 nitrogen and oxygen atoms in total. The summed E-state index contributed by atoms with van der Waals surface area (Å²) in [5, 5.41) is 8.66. The van der Waals surface area contributed by atoms with Crippen molar-refractivity contribution in [2.45, 2.75) is 70.6 Å². The van der Waals surface area contributed by atoms with Crippen LogP contribution in [-0.2, 0) is 16.2 Å². The summed E-state index contributed by atoms with van der Waals surface area (Å²) in [5.74, 6) is 0. The molecule has 1 aliphatic carbocycles. The summed E-state index contributed by atoms with van der Waals surface area (Å²) in [6, 6.07) is 47.1. The van der Waals surface area contributed by atoms with Gasteiger partial charge in [0.05, 0.1) is 11.4 Å². The summed E-state index contributed by atoms with van der Waals surface area (Å²) in [6.07, 6.45) is 2.37. The van der Waals surface area contributed by atoms with E-state index in [-0.39, 0.29) is 16.2 Å². The molecule has 267 valence electrons. The van der Waals surface area contributed by atoms with Gasteiger partial charge in [-0.2, -0.15) is 0 Å². The van der Waals surface area contributed by atoms with Crippen LogP contribution in [0, 0.1) is 0 Å². The van der Waals surface area contributed by atoms with E-state index in [0.717, 1.165) is 44.4 Å². The van der Waals surface area contributed by atoms with Crippen molar-refractivity contribution in [2.24, 2.45) is 0 Å². The van der Waals surface area contributed by atoms with Crippen LogP contribution in [-0.4, -0.2) is 7.28 Å². The van der Waals surface area contributed by atoms with Gasteiger partial charge in [-0.1, -0.05) is 132 Å². The van der Waals surface area contributed by atoms with Gasteiger partial charge in [0.25, 0.3) is 0 Å². The van der Waals surface area contributed by atoms with Crippen LogP contribution in [0.5, 0.6) is 0 Å². The molecule has 0 atom stereocenters. The Hall–Kier alpha value is -5.74. The maximum absolute atomic E-state index is 6.94. The van der Waals surface area contributed by atoms with Crippen molar-refractivity contribution in [2.75, 3.05) is 10.2 Å². The zero-order valence-corrected chi connectivity index (χ0v) is 32.5. The Balaban J connectivity index is 1.21. The van der Waals surface area contributed by atoms with Crippen LogP contribution in [0.25, 0.3) is 43.8 Å². The third kappa shape index (κ3) is 4.58.